The van der Waals surface area contributed by atoms with E-state index in [2.05, 4.69) is 32.2 Å². The molecule has 25 heavy (non-hydrogen) atoms. The Kier molecular flexibility index (Phi) is 6.23. The molecule has 0 aromatic heterocycles. The molecule has 1 amide bonds. The largest absolute Gasteiger partial charge is 0.490 e. The van der Waals surface area contributed by atoms with Gasteiger partial charge in [-0.3, -0.25) is 9.69 Å². The summed E-state index contributed by atoms with van der Waals surface area (Å²) < 4.78 is 12.6. The summed E-state index contributed by atoms with van der Waals surface area (Å²) in [5.74, 6) is 1.82. The highest BCUT2D eigenvalue weighted by Gasteiger charge is 2.23. The summed E-state index contributed by atoms with van der Waals surface area (Å²) in [6, 6.07) is 4.33. The topological polar surface area (TPSA) is 50.8 Å². The first-order chi connectivity index (χ1) is 12.0. The Balaban J connectivity index is 1.65. The lowest BCUT2D eigenvalue weighted by atomic mass is 10.0. The molecule has 138 valence electrons. The summed E-state index contributed by atoms with van der Waals surface area (Å²) in [5.41, 5.74) is 1.19. The van der Waals surface area contributed by atoms with Gasteiger partial charge in [-0.2, -0.15) is 0 Å². The molecule has 0 bridgehead atoms. The van der Waals surface area contributed by atoms with Gasteiger partial charge in [-0.05, 0) is 37.1 Å². The molecule has 1 fully saturated rings. The Morgan fingerprint density at radius 3 is 2.72 bits per heavy atom. The maximum Gasteiger partial charge on any atom is 0.222 e. The summed E-state index contributed by atoms with van der Waals surface area (Å²) in [4.78, 5) is 14.4. The van der Waals surface area contributed by atoms with E-state index in [0.29, 0.717) is 13.2 Å². The molecule has 2 aliphatic heterocycles. The molecule has 2 aliphatic rings. The van der Waals surface area contributed by atoms with Gasteiger partial charge in [0.05, 0.1) is 13.2 Å². The fraction of sp³-hybridized carbons (Fsp3) is 0.632. The Labute approximate surface area is 158 Å². The number of piperidine rings is 1. The van der Waals surface area contributed by atoms with Gasteiger partial charge in [0.1, 0.15) is 0 Å². The number of carbonyl (C=O) groups excluding carboxylic acids is 1. The van der Waals surface area contributed by atoms with E-state index in [1.54, 1.807) is 0 Å². The predicted octanol–water partition coefficient (Wildman–Crippen LogP) is 3.35. The van der Waals surface area contributed by atoms with Gasteiger partial charge in [0.2, 0.25) is 5.91 Å². The molecule has 0 saturated carbocycles. The van der Waals surface area contributed by atoms with E-state index < -0.39 is 0 Å². The average Bonchev–Trinajstić information content (AvgIpc) is 2.80. The van der Waals surface area contributed by atoms with Crippen molar-refractivity contribution in [3.63, 3.8) is 0 Å². The van der Waals surface area contributed by atoms with Gasteiger partial charge in [0.15, 0.2) is 11.5 Å². The molecule has 1 aromatic carbocycles. The number of halogens is 1. The molecular weight excluding hydrogens is 384 g/mol. The van der Waals surface area contributed by atoms with E-state index in [-0.39, 0.29) is 17.9 Å². The monoisotopic (exact) mass is 410 g/mol. The third kappa shape index (κ3) is 4.88. The standard InChI is InChI=1S/C19H27BrN2O3/c1-13(2)19(23)21-15-5-3-6-22(12-15)11-14-9-17-18(10-16(14)20)25-8-4-7-24-17/h9-10,13,15H,3-8,11-12H2,1-2H3,(H,21,23). The van der Waals surface area contributed by atoms with Crippen molar-refractivity contribution in [2.75, 3.05) is 26.3 Å². The predicted molar refractivity (Wildman–Crippen MR) is 101 cm³/mol. The van der Waals surface area contributed by atoms with Crippen LogP contribution >= 0.6 is 15.9 Å². The summed E-state index contributed by atoms with van der Waals surface area (Å²) in [6.45, 7) is 8.04. The van der Waals surface area contributed by atoms with Crippen molar-refractivity contribution < 1.29 is 14.3 Å². The van der Waals surface area contributed by atoms with E-state index in [9.17, 15) is 4.79 Å². The zero-order valence-electron chi connectivity index (χ0n) is 15.0. The molecule has 3 rings (SSSR count). The number of amides is 1. The smallest absolute Gasteiger partial charge is 0.222 e. The summed E-state index contributed by atoms with van der Waals surface area (Å²) in [5, 5.41) is 3.17. The third-order valence-corrected chi connectivity index (χ3v) is 5.42. The van der Waals surface area contributed by atoms with Crippen molar-refractivity contribution in [2.45, 2.75) is 45.7 Å². The van der Waals surface area contributed by atoms with Gasteiger partial charge in [0.25, 0.3) is 0 Å². The lowest BCUT2D eigenvalue weighted by Crippen LogP contribution is -2.48. The van der Waals surface area contributed by atoms with Crippen LogP contribution in [0.3, 0.4) is 0 Å². The van der Waals surface area contributed by atoms with Crippen molar-refractivity contribution in [3.05, 3.63) is 22.2 Å². The first-order valence-corrected chi connectivity index (χ1v) is 9.93. The van der Waals surface area contributed by atoms with Crippen LogP contribution in [0.2, 0.25) is 0 Å². The second kappa shape index (κ2) is 8.41. The van der Waals surface area contributed by atoms with E-state index in [0.717, 1.165) is 54.9 Å². The minimum absolute atomic E-state index is 0.0336. The van der Waals surface area contributed by atoms with Crippen LogP contribution in [0.25, 0.3) is 0 Å². The van der Waals surface area contributed by atoms with Crippen LogP contribution in [0.1, 0.15) is 38.7 Å². The first-order valence-electron chi connectivity index (χ1n) is 9.13. The molecule has 6 heteroatoms. The Hall–Kier alpha value is -1.27. The number of carbonyl (C=O) groups is 1. The molecule has 2 heterocycles. The van der Waals surface area contributed by atoms with Crippen LogP contribution in [0.15, 0.2) is 16.6 Å². The Bertz CT molecular complexity index is 621. The molecule has 0 spiro atoms. The number of likely N-dealkylation sites (tertiary alicyclic amines) is 1. The fourth-order valence-electron chi connectivity index (χ4n) is 3.27. The minimum Gasteiger partial charge on any atom is -0.490 e. The molecule has 0 radical (unpaired) electrons. The molecule has 5 nitrogen and oxygen atoms in total. The van der Waals surface area contributed by atoms with E-state index in [1.165, 1.54) is 5.56 Å². The van der Waals surface area contributed by atoms with Crippen LogP contribution in [0, 0.1) is 5.92 Å². The molecule has 1 N–H and O–H groups in total. The zero-order chi connectivity index (χ0) is 17.8. The van der Waals surface area contributed by atoms with Crippen molar-refractivity contribution in [2.24, 2.45) is 5.92 Å². The molecular formula is C19H27BrN2O3. The quantitative estimate of drug-likeness (QED) is 0.826. The third-order valence-electron chi connectivity index (χ3n) is 4.69. The number of fused-ring (bicyclic) bond motifs is 1. The Morgan fingerprint density at radius 2 is 2.00 bits per heavy atom. The Morgan fingerprint density at radius 1 is 1.28 bits per heavy atom. The number of nitrogens with one attached hydrogen (secondary N) is 1. The van der Waals surface area contributed by atoms with Gasteiger partial charge in [-0.15, -0.1) is 0 Å². The number of hydrogen-bond donors (Lipinski definition) is 1. The highest BCUT2D eigenvalue weighted by Crippen LogP contribution is 2.36. The summed E-state index contributed by atoms with van der Waals surface area (Å²) >= 11 is 3.67. The van der Waals surface area contributed by atoms with E-state index in [1.807, 2.05) is 19.9 Å². The van der Waals surface area contributed by atoms with E-state index >= 15 is 0 Å². The number of ether oxygens (including phenoxy) is 2. The highest BCUT2D eigenvalue weighted by atomic mass is 79.9. The SMILES string of the molecule is CC(C)C(=O)NC1CCCN(Cc2cc3c(cc2Br)OCCCO3)C1. The number of benzene rings is 1. The average molecular weight is 411 g/mol. The van der Waals surface area contributed by atoms with Crippen molar-refractivity contribution >= 4 is 21.8 Å². The molecule has 1 atom stereocenters. The number of nitrogens with zero attached hydrogens (tertiary/aromatic N) is 1. The normalized spacial score (nSPS) is 21.0. The van der Waals surface area contributed by atoms with Crippen LogP contribution in [-0.2, 0) is 11.3 Å². The highest BCUT2D eigenvalue weighted by molar-refractivity contribution is 9.10. The van der Waals surface area contributed by atoms with Crippen molar-refractivity contribution in [3.8, 4) is 11.5 Å². The molecule has 0 aliphatic carbocycles. The zero-order valence-corrected chi connectivity index (χ0v) is 16.6. The second-order valence-corrected chi connectivity index (χ2v) is 8.03. The lowest BCUT2D eigenvalue weighted by Gasteiger charge is -2.33. The van der Waals surface area contributed by atoms with E-state index in [4.69, 9.17) is 9.47 Å². The van der Waals surface area contributed by atoms with Crippen molar-refractivity contribution in [1.29, 1.82) is 0 Å². The van der Waals surface area contributed by atoms with Gasteiger partial charge in [-0.1, -0.05) is 29.8 Å². The van der Waals surface area contributed by atoms with Gasteiger partial charge in [-0.25, -0.2) is 0 Å². The molecule has 1 unspecified atom stereocenters. The van der Waals surface area contributed by atoms with Crippen LogP contribution in [0.5, 0.6) is 11.5 Å². The first kappa shape index (κ1) is 18.5. The fourth-order valence-corrected chi connectivity index (χ4v) is 3.72. The van der Waals surface area contributed by atoms with Crippen LogP contribution in [0.4, 0.5) is 0 Å². The van der Waals surface area contributed by atoms with Crippen LogP contribution < -0.4 is 14.8 Å². The van der Waals surface area contributed by atoms with Crippen LogP contribution in [-0.4, -0.2) is 43.2 Å². The lowest BCUT2D eigenvalue weighted by molar-refractivity contribution is -0.125. The molecule has 1 saturated heterocycles. The summed E-state index contributed by atoms with van der Waals surface area (Å²) in [6.07, 6.45) is 3.06. The number of hydrogen-bond acceptors (Lipinski definition) is 4. The molecule has 1 aromatic rings. The van der Waals surface area contributed by atoms with Crippen molar-refractivity contribution in [1.82, 2.24) is 10.2 Å². The second-order valence-electron chi connectivity index (χ2n) is 7.18. The number of rotatable bonds is 4. The van der Waals surface area contributed by atoms with Gasteiger partial charge in [0, 0.05) is 35.9 Å². The maximum atomic E-state index is 12.0. The minimum atomic E-state index is 0.0336. The summed E-state index contributed by atoms with van der Waals surface area (Å²) in [7, 11) is 0. The van der Waals surface area contributed by atoms with Gasteiger partial charge >= 0.3 is 0 Å². The van der Waals surface area contributed by atoms with Gasteiger partial charge < -0.3 is 14.8 Å². The maximum absolute atomic E-state index is 12.0.